The summed E-state index contributed by atoms with van der Waals surface area (Å²) in [6, 6.07) is 29.8. The van der Waals surface area contributed by atoms with Crippen molar-refractivity contribution in [1.29, 1.82) is 0 Å². The van der Waals surface area contributed by atoms with E-state index in [1.165, 1.54) is 5.57 Å². The summed E-state index contributed by atoms with van der Waals surface area (Å²) in [5.74, 6) is 0. The lowest BCUT2D eigenvalue weighted by Crippen LogP contribution is -2.18. The maximum atomic E-state index is 14.7. The van der Waals surface area contributed by atoms with Crippen LogP contribution in [0.4, 0.5) is 0 Å². The van der Waals surface area contributed by atoms with Crippen LogP contribution in [0.1, 0.15) is 26.7 Å². The molecule has 3 aromatic carbocycles. The predicted molar refractivity (Wildman–Crippen MR) is 129 cm³/mol. The summed E-state index contributed by atoms with van der Waals surface area (Å²) >= 11 is 1.68. The molecule has 0 aliphatic heterocycles. The highest BCUT2D eigenvalue weighted by Crippen LogP contribution is 2.57. The molecule has 3 rings (SSSR count). The van der Waals surface area contributed by atoms with Gasteiger partial charge in [0.1, 0.15) is 0 Å². The Kier molecular flexibility index (Phi) is 7.36. The van der Waals surface area contributed by atoms with Gasteiger partial charge in [0.25, 0.3) is 0 Å². The molecule has 0 unspecified atom stereocenters. The Morgan fingerprint density at radius 1 is 0.759 bits per heavy atom. The van der Waals surface area contributed by atoms with Crippen LogP contribution >= 0.6 is 18.9 Å². The fourth-order valence-electron chi connectivity index (χ4n) is 3.39. The van der Waals surface area contributed by atoms with Crippen molar-refractivity contribution < 1.29 is 4.57 Å². The molecule has 0 saturated heterocycles. The maximum Gasteiger partial charge on any atom is 0.171 e. The maximum absolute atomic E-state index is 14.7. The van der Waals surface area contributed by atoms with E-state index in [9.17, 15) is 4.57 Å². The summed E-state index contributed by atoms with van der Waals surface area (Å²) < 4.78 is 14.7. The van der Waals surface area contributed by atoms with E-state index in [-0.39, 0.29) is 0 Å². The van der Waals surface area contributed by atoms with E-state index in [4.69, 9.17) is 0 Å². The van der Waals surface area contributed by atoms with Gasteiger partial charge in [-0.05, 0) is 25.0 Å². The summed E-state index contributed by atoms with van der Waals surface area (Å²) in [5.41, 5.74) is 1.29. The number of hydrogen-bond donors (Lipinski definition) is 0. The van der Waals surface area contributed by atoms with Crippen LogP contribution in [0.25, 0.3) is 0 Å². The molecular weight excluding hydrogens is 391 g/mol. The van der Waals surface area contributed by atoms with Gasteiger partial charge in [0, 0.05) is 25.7 Å². The third kappa shape index (κ3) is 4.66. The molecule has 0 aromatic heterocycles. The molecule has 0 heterocycles. The molecule has 3 aromatic rings. The second-order valence-electron chi connectivity index (χ2n) is 6.78. The van der Waals surface area contributed by atoms with Gasteiger partial charge in [-0.1, -0.05) is 117 Å². The Labute approximate surface area is 178 Å². The Bertz CT molecular complexity index is 975. The van der Waals surface area contributed by atoms with Crippen LogP contribution in [-0.2, 0) is 4.57 Å². The molecule has 0 amide bonds. The van der Waals surface area contributed by atoms with Gasteiger partial charge in [-0.15, -0.1) is 0 Å². The van der Waals surface area contributed by atoms with Crippen molar-refractivity contribution in [2.75, 3.05) is 0 Å². The lowest BCUT2D eigenvalue weighted by molar-refractivity contribution is 0.591. The average Bonchev–Trinajstić information content (AvgIpc) is 2.80. The standard InChI is InChI=1S/C26H27OPS/c1-4-22(5-2)26(29-25-19-13-8-14-20-25)21(3)28(27,23-15-9-6-10-16-23)24-17-11-7-12-18-24/h6-20H,3-5H2,1-2H3. The molecule has 0 aliphatic rings. The van der Waals surface area contributed by atoms with Crippen molar-refractivity contribution in [2.24, 2.45) is 0 Å². The molecule has 0 spiro atoms. The summed E-state index contributed by atoms with van der Waals surface area (Å²) in [7, 11) is -3.06. The second kappa shape index (κ2) is 9.96. The van der Waals surface area contributed by atoms with Crippen molar-refractivity contribution >= 4 is 29.5 Å². The molecular formula is C26H27OPS. The van der Waals surface area contributed by atoms with Gasteiger partial charge in [0.15, 0.2) is 7.14 Å². The smallest absolute Gasteiger partial charge is 0.171 e. The van der Waals surface area contributed by atoms with E-state index in [0.29, 0.717) is 0 Å². The zero-order chi connectivity index (χ0) is 20.7. The van der Waals surface area contributed by atoms with E-state index in [0.717, 1.165) is 38.6 Å². The lowest BCUT2D eigenvalue weighted by atomic mass is 10.1. The zero-order valence-electron chi connectivity index (χ0n) is 17.0. The first-order chi connectivity index (χ1) is 14.1. The summed E-state index contributed by atoms with van der Waals surface area (Å²) in [6.07, 6.45) is 1.82. The molecule has 0 fully saturated rings. The Morgan fingerprint density at radius 2 is 1.17 bits per heavy atom. The number of allylic oxidation sites excluding steroid dienone is 2. The van der Waals surface area contributed by atoms with Gasteiger partial charge in [0.05, 0.1) is 0 Å². The van der Waals surface area contributed by atoms with Crippen molar-refractivity contribution in [2.45, 2.75) is 31.6 Å². The third-order valence-corrected chi connectivity index (χ3v) is 9.45. The number of rotatable bonds is 8. The largest absolute Gasteiger partial charge is 0.309 e. The third-order valence-electron chi connectivity index (χ3n) is 5.02. The highest BCUT2D eigenvalue weighted by Gasteiger charge is 2.33. The van der Waals surface area contributed by atoms with Gasteiger partial charge < -0.3 is 4.57 Å². The highest BCUT2D eigenvalue weighted by molar-refractivity contribution is 8.04. The summed E-state index contributed by atoms with van der Waals surface area (Å²) in [6.45, 7) is 8.77. The molecule has 0 atom stereocenters. The molecule has 0 radical (unpaired) electrons. The normalized spacial score (nSPS) is 11.1. The quantitative estimate of drug-likeness (QED) is 0.216. The summed E-state index contributed by atoms with van der Waals surface area (Å²) in [5, 5.41) is 2.38. The summed E-state index contributed by atoms with van der Waals surface area (Å²) in [4.78, 5) is 2.19. The molecule has 1 nitrogen and oxygen atoms in total. The molecule has 0 N–H and O–H groups in total. The van der Waals surface area contributed by atoms with Gasteiger partial charge in [-0.2, -0.15) is 0 Å². The average molecular weight is 419 g/mol. The number of benzene rings is 3. The molecule has 148 valence electrons. The van der Waals surface area contributed by atoms with E-state index in [1.54, 1.807) is 11.8 Å². The van der Waals surface area contributed by atoms with Crippen LogP contribution in [0.15, 0.2) is 118 Å². The Morgan fingerprint density at radius 3 is 1.59 bits per heavy atom. The first-order valence-corrected chi connectivity index (χ1v) is 12.5. The van der Waals surface area contributed by atoms with Gasteiger partial charge in [-0.3, -0.25) is 0 Å². The number of hydrogen-bond acceptors (Lipinski definition) is 2. The molecule has 3 heteroatoms. The molecule has 0 saturated carbocycles. The predicted octanol–water partition coefficient (Wildman–Crippen LogP) is 7.38. The lowest BCUT2D eigenvalue weighted by Gasteiger charge is -2.25. The minimum absolute atomic E-state index is 0.724. The minimum atomic E-state index is -3.06. The molecule has 0 bridgehead atoms. The molecule has 29 heavy (non-hydrogen) atoms. The Hall–Kier alpha value is -2.28. The van der Waals surface area contributed by atoms with Crippen LogP contribution in [0.3, 0.4) is 0 Å². The van der Waals surface area contributed by atoms with Crippen molar-refractivity contribution in [3.63, 3.8) is 0 Å². The van der Waals surface area contributed by atoms with Crippen molar-refractivity contribution in [3.8, 4) is 0 Å². The van der Waals surface area contributed by atoms with Crippen LogP contribution in [0.2, 0.25) is 0 Å². The molecule has 0 aliphatic carbocycles. The highest BCUT2D eigenvalue weighted by atomic mass is 32.2. The van der Waals surface area contributed by atoms with Gasteiger partial charge in [0.2, 0.25) is 0 Å². The van der Waals surface area contributed by atoms with E-state index < -0.39 is 7.14 Å². The second-order valence-corrected chi connectivity index (χ2v) is 10.7. The van der Waals surface area contributed by atoms with Crippen molar-refractivity contribution in [1.82, 2.24) is 0 Å². The van der Waals surface area contributed by atoms with Crippen molar-refractivity contribution in [3.05, 3.63) is 113 Å². The van der Waals surface area contributed by atoms with E-state index in [2.05, 4.69) is 32.6 Å². The van der Waals surface area contributed by atoms with Crippen LogP contribution in [0.5, 0.6) is 0 Å². The Balaban J connectivity index is 2.19. The van der Waals surface area contributed by atoms with Crippen LogP contribution in [-0.4, -0.2) is 0 Å². The first kappa shape index (κ1) is 21.4. The SMILES string of the molecule is C=C(C(Sc1ccccc1)=C(CC)CC)P(=O)(c1ccccc1)c1ccccc1. The number of thioether (sulfide) groups is 1. The van der Waals surface area contributed by atoms with Gasteiger partial charge >= 0.3 is 0 Å². The monoisotopic (exact) mass is 418 g/mol. The van der Waals surface area contributed by atoms with E-state index >= 15 is 0 Å². The minimum Gasteiger partial charge on any atom is -0.309 e. The zero-order valence-corrected chi connectivity index (χ0v) is 18.8. The fraction of sp³-hybridized carbons (Fsp3) is 0.154. The van der Waals surface area contributed by atoms with E-state index in [1.807, 2.05) is 78.9 Å². The topological polar surface area (TPSA) is 17.1 Å². The first-order valence-electron chi connectivity index (χ1n) is 9.97. The van der Waals surface area contributed by atoms with Gasteiger partial charge in [-0.25, -0.2) is 0 Å². The van der Waals surface area contributed by atoms with Crippen LogP contribution < -0.4 is 10.6 Å². The van der Waals surface area contributed by atoms with Crippen LogP contribution in [0, 0.1) is 0 Å². The fourth-order valence-corrected chi connectivity index (χ4v) is 7.54.